The molecular formula is C8H14O6. The first-order chi connectivity index (χ1) is 6.50. The fraction of sp³-hybridized carbons (Fsp3) is 0.875. The quantitative estimate of drug-likeness (QED) is 0.470. The standard InChI is InChI=1S/C8H14O6/c1-4(9)13-3-6-8(12)5(10)2-7(11)14-6/h5-8,10-12H,2-3H2,1H3/t5-,6-,7?,8-/m1/s1. The second kappa shape index (κ2) is 4.70. The molecule has 0 spiro atoms. The maximum absolute atomic E-state index is 10.5. The molecule has 0 aromatic heterocycles. The molecule has 0 saturated carbocycles. The molecule has 0 aliphatic carbocycles. The van der Waals surface area contributed by atoms with Gasteiger partial charge in [0.05, 0.1) is 6.10 Å². The third kappa shape index (κ3) is 2.91. The molecule has 6 nitrogen and oxygen atoms in total. The van der Waals surface area contributed by atoms with Crippen molar-refractivity contribution >= 4 is 5.97 Å². The third-order valence-electron chi connectivity index (χ3n) is 2.00. The van der Waals surface area contributed by atoms with Crippen molar-refractivity contribution in [1.29, 1.82) is 0 Å². The number of hydrogen-bond donors (Lipinski definition) is 3. The van der Waals surface area contributed by atoms with Crippen LogP contribution in [0.4, 0.5) is 0 Å². The molecule has 1 heterocycles. The fourth-order valence-electron chi connectivity index (χ4n) is 1.27. The van der Waals surface area contributed by atoms with E-state index < -0.39 is 30.6 Å². The normalized spacial score (nSPS) is 38.0. The van der Waals surface area contributed by atoms with Crippen molar-refractivity contribution in [2.75, 3.05) is 6.61 Å². The van der Waals surface area contributed by atoms with E-state index in [9.17, 15) is 15.0 Å². The van der Waals surface area contributed by atoms with Crippen LogP contribution in [0.1, 0.15) is 13.3 Å². The van der Waals surface area contributed by atoms with Crippen LogP contribution in [0.25, 0.3) is 0 Å². The van der Waals surface area contributed by atoms with Gasteiger partial charge in [0.1, 0.15) is 18.8 Å². The van der Waals surface area contributed by atoms with Crippen LogP contribution in [0, 0.1) is 0 Å². The van der Waals surface area contributed by atoms with Gasteiger partial charge in [-0.05, 0) is 0 Å². The highest BCUT2D eigenvalue weighted by Crippen LogP contribution is 2.19. The lowest BCUT2D eigenvalue weighted by atomic mass is 10.0. The van der Waals surface area contributed by atoms with Crippen LogP contribution in [0.5, 0.6) is 0 Å². The Morgan fingerprint density at radius 3 is 2.71 bits per heavy atom. The minimum Gasteiger partial charge on any atom is -0.463 e. The minimum absolute atomic E-state index is 0.0439. The molecule has 1 fully saturated rings. The lowest BCUT2D eigenvalue weighted by Gasteiger charge is -2.34. The summed E-state index contributed by atoms with van der Waals surface area (Å²) in [4.78, 5) is 10.5. The molecule has 1 aliphatic heterocycles. The van der Waals surface area contributed by atoms with Gasteiger partial charge in [-0.1, -0.05) is 0 Å². The van der Waals surface area contributed by atoms with Crippen LogP contribution in [-0.2, 0) is 14.3 Å². The summed E-state index contributed by atoms with van der Waals surface area (Å²) in [5.74, 6) is -0.504. The SMILES string of the molecule is CC(=O)OC[C@H]1OC(O)C[C@@H](O)[C@H]1O. The molecule has 0 amide bonds. The van der Waals surface area contributed by atoms with Gasteiger partial charge in [-0.15, -0.1) is 0 Å². The van der Waals surface area contributed by atoms with Crippen LogP contribution in [0.2, 0.25) is 0 Å². The van der Waals surface area contributed by atoms with Crippen molar-refractivity contribution in [3.8, 4) is 0 Å². The lowest BCUT2D eigenvalue weighted by Crippen LogP contribution is -2.50. The van der Waals surface area contributed by atoms with Gasteiger partial charge in [0.25, 0.3) is 0 Å². The maximum Gasteiger partial charge on any atom is 0.302 e. The summed E-state index contributed by atoms with van der Waals surface area (Å²) in [7, 11) is 0. The molecule has 3 N–H and O–H groups in total. The van der Waals surface area contributed by atoms with E-state index in [0.717, 1.165) is 0 Å². The van der Waals surface area contributed by atoms with Crippen LogP contribution in [0.3, 0.4) is 0 Å². The summed E-state index contributed by atoms with van der Waals surface area (Å²) in [5.41, 5.74) is 0. The van der Waals surface area contributed by atoms with Crippen molar-refractivity contribution in [3.05, 3.63) is 0 Å². The van der Waals surface area contributed by atoms with Crippen molar-refractivity contribution in [2.45, 2.75) is 37.9 Å². The van der Waals surface area contributed by atoms with Gasteiger partial charge < -0.3 is 24.8 Å². The van der Waals surface area contributed by atoms with Gasteiger partial charge >= 0.3 is 5.97 Å². The Balaban J connectivity index is 2.45. The predicted molar refractivity (Wildman–Crippen MR) is 44.1 cm³/mol. The van der Waals surface area contributed by atoms with Crippen molar-refractivity contribution in [2.24, 2.45) is 0 Å². The largest absolute Gasteiger partial charge is 0.463 e. The summed E-state index contributed by atoms with van der Waals surface area (Å²) >= 11 is 0. The van der Waals surface area contributed by atoms with E-state index >= 15 is 0 Å². The highest BCUT2D eigenvalue weighted by Gasteiger charge is 2.36. The summed E-state index contributed by atoms with van der Waals surface area (Å²) in [6.07, 6.45) is -4.25. The number of rotatable bonds is 2. The van der Waals surface area contributed by atoms with Crippen molar-refractivity contribution in [1.82, 2.24) is 0 Å². The zero-order valence-corrected chi connectivity index (χ0v) is 7.79. The highest BCUT2D eigenvalue weighted by atomic mass is 16.6. The smallest absolute Gasteiger partial charge is 0.302 e. The Hall–Kier alpha value is -0.690. The van der Waals surface area contributed by atoms with Gasteiger partial charge in [0, 0.05) is 13.3 Å². The molecule has 0 aromatic rings. The van der Waals surface area contributed by atoms with E-state index in [0.29, 0.717) is 0 Å². The first kappa shape index (κ1) is 11.4. The summed E-state index contributed by atoms with van der Waals surface area (Å²) in [6.45, 7) is 1.05. The fourth-order valence-corrected chi connectivity index (χ4v) is 1.27. The van der Waals surface area contributed by atoms with Crippen LogP contribution >= 0.6 is 0 Å². The topological polar surface area (TPSA) is 96.2 Å². The number of hydrogen-bond acceptors (Lipinski definition) is 6. The molecule has 4 atom stereocenters. The second-order valence-corrected chi connectivity index (χ2v) is 3.23. The molecular weight excluding hydrogens is 192 g/mol. The maximum atomic E-state index is 10.5. The first-order valence-electron chi connectivity index (χ1n) is 4.33. The molecule has 1 unspecified atom stereocenters. The van der Waals surface area contributed by atoms with Gasteiger partial charge in [0.2, 0.25) is 0 Å². The van der Waals surface area contributed by atoms with Gasteiger partial charge in [-0.2, -0.15) is 0 Å². The number of aliphatic hydroxyl groups is 3. The van der Waals surface area contributed by atoms with Gasteiger partial charge in [0.15, 0.2) is 6.29 Å². The number of ether oxygens (including phenoxy) is 2. The summed E-state index contributed by atoms with van der Waals surface area (Å²) in [6, 6.07) is 0. The molecule has 0 radical (unpaired) electrons. The molecule has 82 valence electrons. The Bertz CT molecular complexity index is 206. The Labute approximate surface area is 81.1 Å². The summed E-state index contributed by atoms with van der Waals surface area (Å²) < 4.78 is 9.49. The van der Waals surface area contributed by atoms with Gasteiger partial charge in [-0.3, -0.25) is 4.79 Å². The van der Waals surface area contributed by atoms with Crippen LogP contribution in [-0.4, -0.2) is 52.5 Å². The minimum atomic E-state index is -1.14. The van der Waals surface area contributed by atoms with E-state index in [-0.39, 0.29) is 13.0 Å². The van der Waals surface area contributed by atoms with E-state index in [1.165, 1.54) is 6.92 Å². The predicted octanol–water partition coefficient (Wildman–Crippen LogP) is -1.62. The Morgan fingerprint density at radius 2 is 2.14 bits per heavy atom. The number of esters is 1. The summed E-state index contributed by atoms with van der Waals surface area (Å²) in [5, 5.41) is 27.7. The van der Waals surface area contributed by atoms with Gasteiger partial charge in [-0.25, -0.2) is 0 Å². The second-order valence-electron chi connectivity index (χ2n) is 3.23. The van der Waals surface area contributed by atoms with E-state index in [1.54, 1.807) is 0 Å². The molecule has 0 bridgehead atoms. The van der Waals surface area contributed by atoms with E-state index in [2.05, 4.69) is 4.74 Å². The molecule has 14 heavy (non-hydrogen) atoms. The molecule has 6 heteroatoms. The molecule has 1 aliphatic rings. The number of carbonyl (C=O) groups excluding carboxylic acids is 1. The lowest BCUT2D eigenvalue weighted by molar-refractivity contribution is -0.241. The van der Waals surface area contributed by atoms with Crippen LogP contribution in [0.15, 0.2) is 0 Å². The molecule has 1 rings (SSSR count). The number of aliphatic hydroxyl groups excluding tert-OH is 3. The Kier molecular flexibility index (Phi) is 3.82. The zero-order chi connectivity index (χ0) is 10.7. The van der Waals surface area contributed by atoms with E-state index in [4.69, 9.17) is 9.84 Å². The average molecular weight is 206 g/mol. The zero-order valence-electron chi connectivity index (χ0n) is 7.79. The molecule has 1 saturated heterocycles. The monoisotopic (exact) mass is 206 g/mol. The highest BCUT2D eigenvalue weighted by molar-refractivity contribution is 5.65. The van der Waals surface area contributed by atoms with Crippen LogP contribution < -0.4 is 0 Å². The number of carbonyl (C=O) groups is 1. The van der Waals surface area contributed by atoms with Crippen molar-refractivity contribution in [3.63, 3.8) is 0 Å². The molecule has 0 aromatic carbocycles. The average Bonchev–Trinajstić information content (AvgIpc) is 2.08. The van der Waals surface area contributed by atoms with E-state index in [1.807, 2.05) is 0 Å². The third-order valence-corrected chi connectivity index (χ3v) is 2.00. The van der Waals surface area contributed by atoms with Crippen molar-refractivity contribution < 1.29 is 29.6 Å². The Morgan fingerprint density at radius 1 is 1.50 bits per heavy atom. The first-order valence-corrected chi connectivity index (χ1v) is 4.33.